The van der Waals surface area contributed by atoms with Gasteiger partial charge in [0.25, 0.3) is 0 Å². The van der Waals surface area contributed by atoms with Crippen LogP contribution in [0.1, 0.15) is 31.7 Å². The quantitative estimate of drug-likeness (QED) is 0.879. The van der Waals surface area contributed by atoms with Crippen LogP contribution in [0.4, 0.5) is 0 Å². The highest BCUT2D eigenvalue weighted by molar-refractivity contribution is 5.87. The lowest BCUT2D eigenvalue weighted by Crippen LogP contribution is -2.21. The summed E-state index contributed by atoms with van der Waals surface area (Å²) in [6.07, 6.45) is 4.14. The van der Waals surface area contributed by atoms with Gasteiger partial charge < -0.3 is 10.1 Å². The maximum absolute atomic E-state index is 5.55. The molecule has 1 N–H and O–H groups in total. The SMILES string of the molecule is COc1ccc2ccccc2c1CNCC1CCC(C)C1. The molecule has 1 saturated carbocycles. The van der Waals surface area contributed by atoms with Gasteiger partial charge in [-0.05, 0) is 48.1 Å². The maximum Gasteiger partial charge on any atom is 0.123 e. The van der Waals surface area contributed by atoms with Crippen molar-refractivity contribution in [2.24, 2.45) is 11.8 Å². The van der Waals surface area contributed by atoms with Crippen molar-refractivity contribution in [3.8, 4) is 5.75 Å². The third-order valence-electron chi connectivity index (χ3n) is 4.76. The van der Waals surface area contributed by atoms with E-state index < -0.39 is 0 Å². The minimum atomic E-state index is 0.848. The monoisotopic (exact) mass is 283 g/mol. The molecule has 2 heteroatoms. The normalized spacial score (nSPS) is 21.8. The molecule has 2 aromatic carbocycles. The molecule has 0 amide bonds. The zero-order valence-corrected chi connectivity index (χ0v) is 13.1. The highest BCUT2D eigenvalue weighted by Gasteiger charge is 2.20. The average molecular weight is 283 g/mol. The first-order valence-electron chi connectivity index (χ1n) is 8.03. The topological polar surface area (TPSA) is 21.3 Å². The van der Waals surface area contributed by atoms with Gasteiger partial charge in [0.05, 0.1) is 7.11 Å². The lowest BCUT2D eigenvalue weighted by atomic mass is 10.0. The highest BCUT2D eigenvalue weighted by Crippen LogP contribution is 2.30. The summed E-state index contributed by atoms with van der Waals surface area (Å²) in [7, 11) is 1.76. The van der Waals surface area contributed by atoms with E-state index in [9.17, 15) is 0 Å². The van der Waals surface area contributed by atoms with E-state index >= 15 is 0 Å². The maximum atomic E-state index is 5.55. The van der Waals surface area contributed by atoms with Crippen molar-refractivity contribution in [2.75, 3.05) is 13.7 Å². The van der Waals surface area contributed by atoms with Crippen LogP contribution in [0.15, 0.2) is 36.4 Å². The van der Waals surface area contributed by atoms with Crippen LogP contribution in [-0.4, -0.2) is 13.7 Å². The first-order chi connectivity index (χ1) is 10.3. The molecule has 112 valence electrons. The Bertz CT molecular complexity index is 608. The first-order valence-corrected chi connectivity index (χ1v) is 8.03. The van der Waals surface area contributed by atoms with Gasteiger partial charge in [-0.2, -0.15) is 0 Å². The van der Waals surface area contributed by atoms with Gasteiger partial charge in [-0.1, -0.05) is 43.7 Å². The fourth-order valence-electron chi connectivity index (χ4n) is 3.60. The number of benzene rings is 2. The Morgan fingerprint density at radius 2 is 2.00 bits per heavy atom. The molecular formula is C19H25NO. The number of ether oxygens (including phenoxy) is 1. The van der Waals surface area contributed by atoms with Gasteiger partial charge in [0.1, 0.15) is 5.75 Å². The van der Waals surface area contributed by atoms with Gasteiger partial charge in [0, 0.05) is 12.1 Å². The molecule has 2 unspecified atom stereocenters. The summed E-state index contributed by atoms with van der Waals surface area (Å²) in [4.78, 5) is 0. The first kappa shape index (κ1) is 14.4. The molecule has 0 saturated heterocycles. The summed E-state index contributed by atoms with van der Waals surface area (Å²) in [5, 5.41) is 6.23. The fourth-order valence-corrected chi connectivity index (χ4v) is 3.60. The fraction of sp³-hybridized carbons (Fsp3) is 0.474. The van der Waals surface area contributed by atoms with Crippen LogP contribution in [-0.2, 0) is 6.54 Å². The van der Waals surface area contributed by atoms with Crippen molar-refractivity contribution in [3.63, 3.8) is 0 Å². The van der Waals surface area contributed by atoms with Crippen LogP contribution >= 0.6 is 0 Å². The van der Waals surface area contributed by atoms with E-state index in [0.29, 0.717) is 0 Å². The molecule has 0 spiro atoms. The van der Waals surface area contributed by atoms with Gasteiger partial charge in [-0.25, -0.2) is 0 Å². The van der Waals surface area contributed by atoms with Crippen molar-refractivity contribution >= 4 is 10.8 Å². The Hall–Kier alpha value is -1.54. The molecule has 2 nitrogen and oxygen atoms in total. The minimum absolute atomic E-state index is 0.848. The minimum Gasteiger partial charge on any atom is -0.496 e. The molecule has 0 bridgehead atoms. The van der Waals surface area contributed by atoms with Crippen LogP contribution in [0.5, 0.6) is 5.75 Å². The smallest absolute Gasteiger partial charge is 0.123 e. The highest BCUT2D eigenvalue weighted by atomic mass is 16.5. The number of nitrogens with one attached hydrogen (secondary N) is 1. The molecule has 3 rings (SSSR count). The second-order valence-electron chi connectivity index (χ2n) is 6.38. The molecule has 0 heterocycles. The van der Waals surface area contributed by atoms with Gasteiger partial charge >= 0.3 is 0 Å². The summed E-state index contributed by atoms with van der Waals surface area (Å²) in [5.41, 5.74) is 1.28. The van der Waals surface area contributed by atoms with E-state index in [1.807, 2.05) is 0 Å². The van der Waals surface area contributed by atoms with Crippen molar-refractivity contribution in [2.45, 2.75) is 32.7 Å². The predicted molar refractivity (Wildman–Crippen MR) is 88.7 cm³/mol. The molecule has 1 aliphatic rings. The Morgan fingerprint density at radius 1 is 1.14 bits per heavy atom. The zero-order chi connectivity index (χ0) is 14.7. The average Bonchev–Trinajstić information content (AvgIpc) is 2.93. The molecule has 1 aliphatic carbocycles. The lowest BCUT2D eigenvalue weighted by molar-refractivity contribution is 0.406. The molecule has 2 atom stereocenters. The summed E-state index contributed by atoms with van der Waals surface area (Å²) in [6, 6.07) is 12.8. The molecular weight excluding hydrogens is 258 g/mol. The molecule has 1 fully saturated rings. The Balaban J connectivity index is 1.73. The van der Waals surface area contributed by atoms with Crippen molar-refractivity contribution < 1.29 is 4.74 Å². The van der Waals surface area contributed by atoms with Crippen molar-refractivity contribution in [1.29, 1.82) is 0 Å². The molecule has 2 aromatic rings. The molecule has 21 heavy (non-hydrogen) atoms. The van der Waals surface area contributed by atoms with E-state index in [4.69, 9.17) is 4.74 Å². The molecule has 0 aliphatic heterocycles. The van der Waals surface area contributed by atoms with Crippen LogP contribution < -0.4 is 10.1 Å². The third kappa shape index (κ3) is 3.21. The zero-order valence-electron chi connectivity index (χ0n) is 13.1. The summed E-state index contributed by atoms with van der Waals surface area (Å²) in [5.74, 6) is 2.74. The Kier molecular flexibility index (Phi) is 4.45. The van der Waals surface area contributed by atoms with Crippen LogP contribution in [0.3, 0.4) is 0 Å². The summed E-state index contributed by atoms with van der Waals surface area (Å²) in [6.45, 7) is 4.37. The standard InChI is InChI=1S/C19H25NO/c1-14-7-8-15(11-14)12-20-13-18-17-6-4-3-5-16(17)9-10-19(18)21-2/h3-6,9-10,14-15,20H,7-8,11-13H2,1-2H3. The second-order valence-corrected chi connectivity index (χ2v) is 6.38. The second kappa shape index (κ2) is 6.48. The van der Waals surface area contributed by atoms with Gasteiger partial charge in [-0.15, -0.1) is 0 Å². The van der Waals surface area contributed by atoms with Crippen LogP contribution in [0, 0.1) is 11.8 Å². The number of methoxy groups -OCH3 is 1. The van der Waals surface area contributed by atoms with E-state index in [-0.39, 0.29) is 0 Å². The lowest BCUT2D eigenvalue weighted by Gasteiger charge is -2.15. The third-order valence-corrected chi connectivity index (χ3v) is 4.76. The van der Waals surface area contributed by atoms with Gasteiger partial charge in [0.15, 0.2) is 0 Å². The Labute approximate surface area is 127 Å². The largest absolute Gasteiger partial charge is 0.496 e. The van der Waals surface area contributed by atoms with E-state index in [2.05, 4.69) is 48.6 Å². The number of fused-ring (bicyclic) bond motifs is 1. The summed E-state index contributed by atoms with van der Waals surface area (Å²) < 4.78 is 5.55. The van der Waals surface area contributed by atoms with Crippen molar-refractivity contribution in [1.82, 2.24) is 5.32 Å². The van der Waals surface area contributed by atoms with E-state index in [1.165, 1.54) is 35.6 Å². The molecule has 0 aromatic heterocycles. The Morgan fingerprint density at radius 3 is 2.76 bits per heavy atom. The number of hydrogen-bond donors (Lipinski definition) is 1. The van der Waals surface area contributed by atoms with E-state index in [1.54, 1.807) is 7.11 Å². The molecule has 0 radical (unpaired) electrons. The predicted octanol–water partition coefficient (Wildman–Crippen LogP) is 4.37. The summed E-state index contributed by atoms with van der Waals surface area (Å²) >= 11 is 0. The number of hydrogen-bond acceptors (Lipinski definition) is 2. The van der Waals surface area contributed by atoms with Crippen LogP contribution in [0.25, 0.3) is 10.8 Å². The van der Waals surface area contributed by atoms with Crippen molar-refractivity contribution in [3.05, 3.63) is 42.0 Å². The van der Waals surface area contributed by atoms with Crippen LogP contribution in [0.2, 0.25) is 0 Å². The van der Waals surface area contributed by atoms with Gasteiger partial charge in [0.2, 0.25) is 0 Å². The van der Waals surface area contributed by atoms with Gasteiger partial charge in [-0.3, -0.25) is 0 Å². The number of rotatable bonds is 5. The van der Waals surface area contributed by atoms with E-state index in [0.717, 1.165) is 30.7 Å².